The minimum atomic E-state index is -1.11. The second-order valence-electron chi connectivity index (χ2n) is 6.22. The van der Waals surface area contributed by atoms with Crippen molar-refractivity contribution in [3.8, 4) is 5.75 Å². The number of carboxylic acids is 1. The van der Waals surface area contributed by atoms with Crippen LogP contribution in [0.1, 0.15) is 50.4 Å². The normalized spacial score (nSPS) is 25.1. The largest absolute Gasteiger partial charge is 0.507 e. The van der Waals surface area contributed by atoms with Crippen LogP contribution in [0.25, 0.3) is 0 Å². The Bertz CT molecular complexity index is 456. The zero-order valence-corrected chi connectivity index (χ0v) is 13.0. The van der Waals surface area contributed by atoms with E-state index >= 15 is 0 Å². The van der Waals surface area contributed by atoms with E-state index in [1.54, 1.807) is 12.1 Å². The molecule has 0 amide bonds. The van der Waals surface area contributed by atoms with Crippen LogP contribution in [0, 0.1) is 17.8 Å². The fourth-order valence-corrected chi connectivity index (χ4v) is 2.81. The van der Waals surface area contributed by atoms with E-state index in [1.165, 1.54) is 25.0 Å². The highest BCUT2D eigenvalue weighted by Gasteiger charge is 2.28. The fraction of sp³-hybridized carbons (Fsp3) is 0.588. The topological polar surface area (TPSA) is 77.8 Å². The monoisotopic (exact) mass is 294 g/mol. The van der Waals surface area contributed by atoms with Crippen molar-refractivity contribution in [1.29, 1.82) is 0 Å². The van der Waals surface area contributed by atoms with E-state index in [-0.39, 0.29) is 17.4 Å². The third kappa shape index (κ3) is 5.38. The molecule has 4 heteroatoms. The fourth-order valence-electron chi connectivity index (χ4n) is 2.81. The average Bonchev–Trinajstić information content (AvgIpc) is 2.39. The number of phenols is 1. The van der Waals surface area contributed by atoms with Gasteiger partial charge in [0, 0.05) is 0 Å². The van der Waals surface area contributed by atoms with Gasteiger partial charge in [-0.2, -0.15) is 0 Å². The van der Waals surface area contributed by atoms with Crippen LogP contribution in [0.3, 0.4) is 0 Å². The van der Waals surface area contributed by atoms with Crippen molar-refractivity contribution in [3.05, 3.63) is 29.8 Å². The Morgan fingerprint density at radius 3 is 2.29 bits per heavy atom. The number of carbonyl (C=O) groups is 1. The van der Waals surface area contributed by atoms with E-state index in [1.807, 2.05) is 0 Å². The number of aliphatic hydroxyl groups is 1. The number of para-hydroxylation sites is 1. The number of aliphatic hydroxyl groups excluding tert-OH is 1. The predicted octanol–water partition coefficient (Wildman–Crippen LogP) is 3.53. The lowest BCUT2D eigenvalue weighted by Gasteiger charge is -2.33. The molecule has 0 spiro atoms. The average molecular weight is 294 g/mol. The smallest absolute Gasteiger partial charge is 0.339 e. The van der Waals surface area contributed by atoms with Crippen molar-refractivity contribution in [2.24, 2.45) is 17.8 Å². The van der Waals surface area contributed by atoms with Crippen LogP contribution in [0.5, 0.6) is 5.75 Å². The second-order valence-corrected chi connectivity index (χ2v) is 6.22. The van der Waals surface area contributed by atoms with Gasteiger partial charge in [0.25, 0.3) is 0 Å². The SMILES string of the molecule is CC(C)[C@@H]1CC[C@@H](C)C[C@H]1O.O=C(O)c1ccccc1O. The molecule has 0 heterocycles. The highest BCUT2D eigenvalue weighted by molar-refractivity contribution is 5.90. The van der Waals surface area contributed by atoms with E-state index in [0.29, 0.717) is 11.8 Å². The summed E-state index contributed by atoms with van der Waals surface area (Å²) in [7, 11) is 0. The molecule has 1 fully saturated rings. The van der Waals surface area contributed by atoms with Crippen molar-refractivity contribution in [1.82, 2.24) is 0 Å². The van der Waals surface area contributed by atoms with Crippen molar-refractivity contribution in [3.63, 3.8) is 0 Å². The summed E-state index contributed by atoms with van der Waals surface area (Å²) < 4.78 is 0. The van der Waals surface area contributed by atoms with Crippen LogP contribution in [-0.4, -0.2) is 27.4 Å². The van der Waals surface area contributed by atoms with Gasteiger partial charge in [0.2, 0.25) is 0 Å². The quantitative estimate of drug-likeness (QED) is 0.779. The van der Waals surface area contributed by atoms with Crippen molar-refractivity contribution < 1.29 is 20.1 Å². The minimum Gasteiger partial charge on any atom is -0.507 e. The standard InChI is InChI=1S/C10H20O.C7H6O3/c1-7(2)9-5-4-8(3)6-10(9)11;8-6-4-2-1-3-5(6)7(9)10/h7-11H,4-6H2,1-3H3;1-4,8H,(H,9,10)/t8-,9+,10-;/m1./s1. The number of aromatic hydroxyl groups is 1. The number of rotatable bonds is 2. The van der Waals surface area contributed by atoms with Crippen LogP contribution in [-0.2, 0) is 0 Å². The molecule has 0 aliphatic heterocycles. The number of benzene rings is 1. The van der Waals surface area contributed by atoms with Crippen LogP contribution >= 0.6 is 0 Å². The second kappa shape index (κ2) is 8.03. The molecule has 3 atom stereocenters. The van der Waals surface area contributed by atoms with Gasteiger partial charge in [-0.3, -0.25) is 0 Å². The maximum Gasteiger partial charge on any atom is 0.339 e. The van der Waals surface area contributed by atoms with Crippen LogP contribution in [0.15, 0.2) is 24.3 Å². The Labute approximate surface area is 126 Å². The Kier molecular flexibility index (Phi) is 6.69. The summed E-state index contributed by atoms with van der Waals surface area (Å²) in [6.45, 7) is 6.66. The molecule has 0 unspecified atom stereocenters. The Hall–Kier alpha value is -1.55. The third-order valence-electron chi connectivity index (χ3n) is 4.12. The van der Waals surface area contributed by atoms with Crippen molar-refractivity contribution in [2.45, 2.75) is 46.1 Å². The third-order valence-corrected chi connectivity index (χ3v) is 4.12. The molecule has 0 bridgehead atoms. The van der Waals surface area contributed by atoms with Crippen LogP contribution < -0.4 is 0 Å². The van der Waals surface area contributed by atoms with Crippen LogP contribution in [0.4, 0.5) is 0 Å². The summed E-state index contributed by atoms with van der Waals surface area (Å²) in [6.07, 6.45) is 3.52. The molecule has 1 aliphatic rings. The molecule has 0 radical (unpaired) electrons. The van der Waals surface area contributed by atoms with E-state index in [4.69, 9.17) is 10.2 Å². The molecular weight excluding hydrogens is 268 g/mol. The number of hydrogen-bond acceptors (Lipinski definition) is 3. The Morgan fingerprint density at radius 2 is 1.86 bits per heavy atom. The lowest BCUT2D eigenvalue weighted by molar-refractivity contribution is 0.0266. The Morgan fingerprint density at radius 1 is 1.24 bits per heavy atom. The van der Waals surface area contributed by atoms with Gasteiger partial charge in [0.05, 0.1) is 6.10 Å². The summed E-state index contributed by atoms with van der Waals surface area (Å²) in [4.78, 5) is 10.3. The molecular formula is C17H26O4. The first kappa shape index (κ1) is 17.5. The summed E-state index contributed by atoms with van der Waals surface area (Å²) in [6, 6.07) is 5.81. The molecule has 21 heavy (non-hydrogen) atoms. The van der Waals surface area contributed by atoms with Crippen LogP contribution in [0.2, 0.25) is 0 Å². The zero-order chi connectivity index (χ0) is 16.0. The maximum absolute atomic E-state index is 10.3. The van der Waals surface area contributed by atoms with Crippen molar-refractivity contribution in [2.75, 3.05) is 0 Å². The van der Waals surface area contributed by atoms with Gasteiger partial charge < -0.3 is 15.3 Å². The van der Waals surface area contributed by atoms with E-state index in [0.717, 1.165) is 12.3 Å². The highest BCUT2D eigenvalue weighted by Crippen LogP contribution is 2.33. The van der Waals surface area contributed by atoms with Gasteiger partial charge in [-0.15, -0.1) is 0 Å². The molecule has 4 nitrogen and oxygen atoms in total. The summed E-state index contributed by atoms with van der Waals surface area (Å²) in [5, 5.41) is 27.0. The number of aromatic carboxylic acids is 1. The van der Waals surface area contributed by atoms with E-state index in [9.17, 15) is 9.90 Å². The first-order valence-corrected chi connectivity index (χ1v) is 7.52. The van der Waals surface area contributed by atoms with Gasteiger partial charge in [0.15, 0.2) is 0 Å². The molecule has 3 N–H and O–H groups in total. The minimum absolute atomic E-state index is 0.0289. The maximum atomic E-state index is 10.3. The first-order chi connectivity index (χ1) is 9.82. The predicted molar refractivity (Wildman–Crippen MR) is 82.4 cm³/mol. The molecule has 1 aromatic rings. The molecule has 1 aliphatic carbocycles. The molecule has 0 aromatic heterocycles. The lowest BCUT2D eigenvalue weighted by Crippen LogP contribution is -2.31. The van der Waals surface area contributed by atoms with Crippen molar-refractivity contribution >= 4 is 5.97 Å². The molecule has 0 saturated heterocycles. The molecule has 1 aromatic carbocycles. The van der Waals surface area contributed by atoms with Gasteiger partial charge in [-0.1, -0.05) is 39.3 Å². The Balaban J connectivity index is 0.000000211. The van der Waals surface area contributed by atoms with E-state index in [2.05, 4.69) is 20.8 Å². The van der Waals surface area contributed by atoms with Gasteiger partial charge >= 0.3 is 5.97 Å². The summed E-state index contributed by atoms with van der Waals surface area (Å²) >= 11 is 0. The first-order valence-electron chi connectivity index (χ1n) is 7.52. The lowest BCUT2D eigenvalue weighted by atomic mass is 9.75. The molecule has 1 saturated carbocycles. The highest BCUT2D eigenvalue weighted by atomic mass is 16.4. The summed E-state index contributed by atoms with van der Waals surface area (Å²) in [5.74, 6) is 0.636. The number of hydrogen-bond donors (Lipinski definition) is 3. The summed E-state index contributed by atoms with van der Waals surface area (Å²) in [5.41, 5.74) is -0.0671. The van der Waals surface area contributed by atoms with Gasteiger partial charge in [-0.25, -0.2) is 4.79 Å². The number of carboxylic acid groups (broad SMARTS) is 1. The van der Waals surface area contributed by atoms with Gasteiger partial charge in [0.1, 0.15) is 11.3 Å². The van der Waals surface area contributed by atoms with Gasteiger partial charge in [-0.05, 0) is 42.7 Å². The van der Waals surface area contributed by atoms with E-state index < -0.39 is 5.97 Å². The zero-order valence-electron chi connectivity index (χ0n) is 13.0. The molecule has 2 rings (SSSR count). The molecule has 118 valence electrons.